The van der Waals surface area contributed by atoms with Crippen LogP contribution in [-0.2, 0) is 9.59 Å². The maximum Gasteiger partial charge on any atom is 0.269 e. The number of rotatable bonds is 6. The fraction of sp³-hybridized carbons (Fsp3) is 0.333. The summed E-state index contributed by atoms with van der Waals surface area (Å²) in [6.07, 6.45) is 0.501. The molecule has 0 spiro atoms. The van der Waals surface area contributed by atoms with Gasteiger partial charge in [-0.15, -0.1) is 0 Å². The molecule has 0 saturated carbocycles. The zero-order chi connectivity index (χ0) is 17.7. The number of amides is 2. The minimum atomic E-state index is -0.484. The fourth-order valence-electron chi connectivity index (χ4n) is 2.20. The molecule has 2 rings (SSSR count). The maximum atomic E-state index is 11.8. The van der Waals surface area contributed by atoms with Crippen molar-refractivity contribution in [3.8, 4) is 0 Å². The molecule has 1 aromatic rings. The number of nitrogens with zero attached hydrogens (tertiary/aromatic N) is 3. The van der Waals surface area contributed by atoms with Gasteiger partial charge < -0.3 is 0 Å². The molecule has 0 saturated heterocycles. The summed E-state index contributed by atoms with van der Waals surface area (Å²) in [7, 11) is 0. The number of nitro benzene ring substituents is 1. The van der Waals surface area contributed by atoms with Gasteiger partial charge in [0.15, 0.2) is 0 Å². The summed E-state index contributed by atoms with van der Waals surface area (Å²) in [5, 5.41) is 18.4. The summed E-state index contributed by atoms with van der Waals surface area (Å²) in [4.78, 5) is 33.4. The average molecular weight is 331 g/mol. The van der Waals surface area contributed by atoms with Gasteiger partial charge in [0.2, 0.25) is 11.8 Å². The Morgan fingerprint density at radius 2 is 2.08 bits per heavy atom. The van der Waals surface area contributed by atoms with Crippen LogP contribution in [0.1, 0.15) is 32.3 Å². The monoisotopic (exact) mass is 331 g/mol. The number of carbonyl (C=O) groups is 2. The second-order valence-corrected chi connectivity index (χ2v) is 5.36. The number of nitro groups is 1. The SMILES string of the molecule is CC1=NNC(=O)[C@H]1CCC(=O)N/N=C(/C)c1ccc([N+](=O)[O-])cc1. The Balaban J connectivity index is 1.87. The van der Waals surface area contributed by atoms with Crippen molar-refractivity contribution < 1.29 is 14.5 Å². The van der Waals surface area contributed by atoms with E-state index < -0.39 is 4.92 Å². The molecule has 0 bridgehead atoms. The van der Waals surface area contributed by atoms with Crippen molar-refractivity contribution in [2.45, 2.75) is 26.7 Å². The van der Waals surface area contributed by atoms with Gasteiger partial charge in [-0.1, -0.05) is 0 Å². The van der Waals surface area contributed by atoms with Gasteiger partial charge in [0.05, 0.1) is 16.6 Å². The highest BCUT2D eigenvalue weighted by molar-refractivity contribution is 6.07. The van der Waals surface area contributed by atoms with Crippen LogP contribution in [0, 0.1) is 16.0 Å². The molecular weight excluding hydrogens is 314 g/mol. The van der Waals surface area contributed by atoms with Crippen molar-refractivity contribution in [2.75, 3.05) is 0 Å². The molecule has 1 heterocycles. The van der Waals surface area contributed by atoms with E-state index >= 15 is 0 Å². The highest BCUT2D eigenvalue weighted by atomic mass is 16.6. The summed E-state index contributed by atoms with van der Waals surface area (Å²) in [5.74, 6) is -0.898. The molecule has 2 amide bonds. The molecule has 0 radical (unpaired) electrons. The smallest absolute Gasteiger partial charge is 0.269 e. The van der Waals surface area contributed by atoms with E-state index in [4.69, 9.17) is 0 Å². The molecule has 9 heteroatoms. The van der Waals surface area contributed by atoms with Crippen LogP contribution >= 0.6 is 0 Å². The Bertz CT molecular complexity index is 724. The second kappa shape index (κ2) is 7.44. The molecule has 0 aromatic heterocycles. The summed E-state index contributed by atoms with van der Waals surface area (Å²) in [6, 6.07) is 5.87. The van der Waals surface area contributed by atoms with E-state index in [1.54, 1.807) is 26.0 Å². The summed E-state index contributed by atoms with van der Waals surface area (Å²) in [6.45, 7) is 3.42. The predicted octanol–water partition coefficient (Wildman–Crippen LogP) is 1.34. The van der Waals surface area contributed by atoms with E-state index in [9.17, 15) is 19.7 Å². The van der Waals surface area contributed by atoms with Crippen molar-refractivity contribution in [3.05, 3.63) is 39.9 Å². The largest absolute Gasteiger partial charge is 0.273 e. The zero-order valence-electron chi connectivity index (χ0n) is 13.3. The lowest BCUT2D eigenvalue weighted by atomic mass is 9.99. The standard InChI is InChI=1S/C15H17N5O4/c1-9(11-3-5-12(6-4-11)20(23)24)16-18-14(21)8-7-13-10(2)17-19-15(13)22/h3-6,13H,7-8H2,1-2H3,(H,18,21)(H,19,22)/b16-9-/t13-/m0/s1. The summed E-state index contributed by atoms with van der Waals surface area (Å²) < 4.78 is 0. The Hall–Kier alpha value is -3.10. The Morgan fingerprint density at radius 1 is 1.42 bits per heavy atom. The van der Waals surface area contributed by atoms with E-state index in [0.717, 1.165) is 0 Å². The van der Waals surface area contributed by atoms with Gasteiger partial charge in [0.1, 0.15) is 0 Å². The van der Waals surface area contributed by atoms with E-state index in [0.29, 0.717) is 23.4 Å². The number of non-ortho nitro benzene ring substituents is 1. The lowest BCUT2D eigenvalue weighted by Gasteiger charge is -2.07. The van der Waals surface area contributed by atoms with Crippen molar-refractivity contribution in [1.29, 1.82) is 0 Å². The molecule has 0 fully saturated rings. The van der Waals surface area contributed by atoms with Gasteiger partial charge in [-0.2, -0.15) is 10.2 Å². The van der Waals surface area contributed by atoms with Crippen LogP contribution in [0.25, 0.3) is 0 Å². The van der Waals surface area contributed by atoms with Crippen LogP contribution in [0.15, 0.2) is 34.5 Å². The molecule has 1 atom stereocenters. The van der Waals surface area contributed by atoms with E-state index in [1.165, 1.54) is 12.1 Å². The minimum Gasteiger partial charge on any atom is -0.273 e. The topological polar surface area (TPSA) is 126 Å². The number of hydrogen-bond donors (Lipinski definition) is 2. The minimum absolute atomic E-state index is 0.0116. The highest BCUT2D eigenvalue weighted by Crippen LogP contribution is 2.14. The second-order valence-electron chi connectivity index (χ2n) is 5.36. The normalized spacial score (nSPS) is 17.2. The third kappa shape index (κ3) is 4.22. The Morgan fingerprint density at radius 3 is 2.62 bits per heavy atom. The number of hydrazone groups is 2. The molecule has 0 unspecified atom stereocenters. The number of benzene rings is 1. The molecular formula is C15H17N5O4. The lowest BCUT2D eigenvalue weighted by molar-refractivity contribution is -0.384. The quantitative estimate of drug-likeness (QED) is 0.463. The summed E-state index contributed by atoms with van der Waals surface area (Å²) >= 11 is 0. The molecule has 24 heavy (non-hydrogen) atoms. The van der Waals surface area contributed by atoms with Gasteiger partial charge in [-0.25, -0.2) is 10.9 Å². The first kappa shape index (κ1) is 17.3. The zero-order valence-corrected chi connectivity index (χ0v) is 13.3. The van der Waals surface area contributed by atoms with Crippen LogP contribution in [-0.4, -0.2) is 28.2 Å². The van der Waals surface area contributed by atoms with E-state index in [1.807, 2.05) is 0 Å². The first-order valence-corrected chi connectivity index (χ1v) is 7.30. The van der Waals surface area contributed by atoms with Gasteiger partial charge in [-0.3, -0.25) is 19.7 Å². The van der Waals surface area contributed by atoms with Crippen molar-refractivity contribution in [2.24, 2.45) is 16.1 Å². The van der Waals surface area contributed by atoms with Crippen LogP contribution in [0.3, 0.4) is 0 Å². The first-order chi connectivity index (χ1) is 11.4. The molecule has 0 aliphatic carbocycles. The van der Waals surface area contributed by atoms with Gasteiger partial charge in [0, 0.05) is 24.3 Å². The van der Waals surface area contributed by atoms with E-state index in [-0.39, 0.29) is 29.8 Å². The van der Waals surface area contributed by atoms with Crippen LogP contribution in [0.2, 0.25) is 0 Å². The fourth-order valence-corrected chi connectivity index (χ4v) is 2.20. The van der Waals surface area contributed by atoms with Gasteiger partial charge >= 0.3 is 0 Å². The van der Waals surface area contributed by atoms with E-state index in [2.05, 4.69) is 21.1 Å². The first-order valence-electron chi connectivity index (χ1n) is 7.30. The van der Waals surface area contributed by atoms with Crippen molar-refractivity contribution in [3.63, 3.8) is 0 Å². The maximum absolute atomic E-state index is 11.8. The van der Waals surface area contributed by atoms with Crippen molar-refractivity contribution in [1.82, 2.24) is 10.9 Å². The third-order valence-corrected chi connectivity index (χ3v) is 3.67. The average Bonchev–Trinajstić information content (AvgIpc) is 2.89. The molecule has 1 aliphatic heterocycles. The number of carbonyl (C=O) groups excluding carboxylic acids is 2. The number of nitrogens with one attached hydrogen (secondary N) is 2. The molecule has 1 aromatic carbocycles. The van der Waals surface area contributed by atoms with Crippen LogP contribution in [0.4, 0.5) is 5.69 Å². The molecule has 2 N–H and O–H groups in total. The van der Waals surface area contributed by atoms with Crippen molar-refractivity contribution >= 4 is 28.9 Å². The summed E-state index contributed by atoms with van der Waals surface area (Å²) in [5.41, 5.74) is 6.63. The lowest BCUT2D eigenvalue weighted by Crippen LogP contribution is -2.25. The van der Waals surface area contributed by atoms with Gasteiger partial charge in [0.25, 0.3) is 5.69 Å². The van der Waals surface area contributed by atoms with Crippen LogP contribution in [0.5, 0.6) is 0 Å². The Kier molecular flexibility index (Phi) is 5.35. The molecule has 9 nitrogen and oxygen atoms in total. The van der Waals surface area contributed by atoms with Gasteiger partial charge in [-0.05, 0) is 38.0 Å². The molecule has 126 valence electrons. The third-order valence-electron chi connectivity index (χ3n) is 3.67. The highest BCUT2D eigenvalue weighted by Gasteiger charge is 2.26. The predicted molar refractivity (Wildman–Crippen MR) is 87.4 cm³/mol. The Labute approximate surface area is 138 Å². The molecule has 1 aliphatic rings. The van der Waals surface area contributed by atoms with Crippen LogP contribution < -0.4 is 10.9 Å². The number of hydrogen-bond acceptors (Lipinski definition) is 6.